The molecular formula is C19H22ClNO2. The van der Waals surface area contributed by atoms with Gasteiger partial charge in [-0.3, -0.25) is 4.79 Å². The Morgan fingerprint density at radius 1 is 1.17 bits per heavy atom. The zero-order chi connectivity index (χ0) is 17.0. The van der Waals surface area contributed by atoms with Crippen molar-refractivity contribution in [3.8, 4) is 5.75 Å². The first-order valence-electron chi connectivity index (χ1n) is 7.72. The van der Waals surface area contributed by atoms with Gasteiger partial charge in [0, 0.05) is 5.56 Å². The van der Waals surface area contributed by atoms with Crippen LogP contribution in [0, 0.1) is 13.8 Å². The summed E-state index contributed by atoms with van der Waals surface area (Å²) >= 11 is 6.14. The highest BCUT2D eigenvalue weighted by Gasteiger charge is 2.13. The van der Waals surface area contributed by atoms with E-state index in [0.717, 1.165) is 5.56 Å². The van der Waals surface area contributed by atoms with Crippen LogP contribution >= 0.6 is 11.6 Å². The average Bonchev–Trinajstić information content (AvgIpc) is 2.52. The molecule has 0 bridgehead atoms. The molecule has 1 amide bonds. The van der Waals surface area contributed by atoms with Gasteiger partial charge in [-0.05, 0) is 62.6 Å². The molecule has 2 rings (SSSR count). The SMILES string of the molecule is CCOc1ccc(C(=O)NC(C)c2ccc(C)c(C)c2)cc1Cl. The quantitative estimate of drug-likeness (QED) is 0.850. The maximum Gasteiger partial charge on any atom is 0.251 e. The van der Waals surface area contributed by atoms with Crippen molar-refractivity contribution in [2.45, 2.75) is 33.7 Å². The number of carbonyl (C=O) groups is 1. The Balaban J connectivity index is 2.11. The fraction of sp³-hybridized carbons (Fsp3) is 0.316. The predicted octanol–water partition coefficient (Wildman–Crippen LogP) is 4.85. The molecule has 122 valence electrons. The number of hydrogen-bond acceptors (Lipinski definition) is 2. The highest BCUT2D eigenvalue weighted by atomic mass is 35.5. The minimum Gasteiger partial charge on any atom is -0.492 e. The minimum atomic E-state index is -0.152. The lowest BCUT2D eigenvalue weighted by Gasteiger charge is -2.16. The van der Waals surface area contributed by atoms with E-state index in [9.17, 15) is 4.79 Å². The second kappa shape index (κ2) is 7.51. The molecule has 0 radical (unpaired) electrons. The summed E-state index contributed by atoms with van der Waals surface area (Å²) < 4.78 is 5.38. The lowest BCUT2D eigenvalue weighted by atomic mass is 10.0. The van der Waals surface area contributed by atoms with Gasteiger partial charge < -0.3 is 10.1 Å². The number of aryl methyl sites for hydroxylation is 2. The summed E-state index contributed by atoms with van der Waals surface area (Å²) in [5.74, 6) is 0.439. The van der Waals surface area contributed by atoms with Gasteiger partial charge in [0.1, 0.15) is 5.75 Å². The van der Waals surface area contributed by atoms with E-state index in [1.165, 1.54) is 11.1 Å². The van der Waals surface area contributed by atoms with Gasteiger partial charge in [-0.2, -0.15) is 0 Å². The van der Waals surface area contributed by atoms with E-state index in [0.29, 0.717) is 22.9 Å². The van der Waals surface area contributed by atoms with Crippen LogP contribution in [0.5, 0.6) is 5.75 Å². The molecule has 2 aromatic carbocycles. The molecular weight excluding hydrogens is 310 g/mol. The molecule has 0 aliphatic carbocycles. The third-order valence-corrected chi connectivity index (χ3v) is 4.17. The minimum absolute atomic E-state index is 0.0767. The first-order chi connectivity index (χ1) is 10.9. The molecule has 0 fully saturated rings. The lowest BCUT2D eigenvalue weighted by molar-refractivity contribution is 0.0940. The molecule has 0 spiro atoms. The number of rotatable bonds is 5. The van der Waals surface area contributed by atoms with Crippen molar-refractivity contribution >= 4 is 17.5 Å². The third-order valence-electron chi connectivity index (χ3n) is 3.87. The molecule has 4 heteroatoms. The van der Waals surface area contributed by atoms with Gasteiger partial charge in [0.25, 0.3) is 5.91 Å². The third kappa shape index (κ3) is 4.26. The highest BCUT2D eigenvalue weighted by molar-refractivity contribution is 6.32. The summed E-state index contributed by atoms with van der Waals surface area (Å²) in [6, 6.07) is 11.2. The van der Waals surface area contributed by atoms with Crippen LogP contribution in [0.2, 0.25) is 5.02 Å². The maximum absolute atomic E-state index is 12.4. The van der Waals surface area contributed by atoms with Gasteiger partial charge in [-0.15, -0.1) is 0 Å². The van der Waals surface area contributed by atoms with Crippen LogP contribution in [0.1, 0.15) is 46.9 Å². The lowest BCUT2D eigenvalue weighted by Crippen LogP contribution is -2.26. The Morgan fingerprint density at radius 2 is 1.91 bits per heavy atom. The van der Waals surface area contributed by atoms with E-state index in [-0.39, 0.29) is 11.9 Å². The number of carbonyl (C=O) groups excluding carboxylic acids is 1. The molecule has 0 heterocycles. The average molecular weight is 332 g/mol. The van der Waals surface area contributed by atoms with Gasteiger partial charge >= 0.3 is 0 Å². The predicted molar refractivity (Wildman–Crippen MR) is 94.4 cm³/mol. The molecule has 2 aromatic rings. The molecule has 23 heavy (non-hydrogen) atoms. The fourth-order valence-corrected chi connectivity index (χ4v) is 2.55. The van der Waals surface area contributed by atoms with Crippen molar-refractivity contribution in [3.63, 3.8) is 0 Å². The molecule has 0 saturated heterocycles. The van der Waals surface area contributed by atoms with E-state index in [2.05, 4.69) is 31.3 Å². The summed E-state index contributed by atoms with van der Waals surface area (Å²) in [4.78, 5) is 12.4. The molecule has 1 unspecified atom stereocenters. The number of hydrogen-bond donors (Lipinski definition) is 1. The van der Waals surface area contributed by atoms with Crippen LogP contribution in [0.25, 0.3) is 0 Å². The number of halogens is 1. The highest BCUT2D eigenvalue weighted by Crippen LogP contribution is 2.26. The standard InChI is InChI=1S/C19H22ClNO2/c1-5-23-18-9-8-16(11-17(18)20)19(22)21-14(4)15-7-6-12(2)13(3)10-15/h6-11,14H,5H2,1-4H3,(H,21,22). The van der Waals surface area contributed by atoms with E-state index in [4.69, 9.17) is 16.3 Å². The molecule has 0 aliphatic heterocycles. The second-order valence-corrected chi connectivity index (χ2v) is 6.02. The molecule has 0 aliphatic rings. The molecule has 0 aromatic heterocycles. The summed E-state index contributed by atoms with van der Waals surface area (Å²) in [7, 11) is 0. The second-order valence-electron chi connectivity index (χ2n) is 5.62. The van der Waals surface area contributed by atoms with Crippen LogP contribution in [0.3, 0.4) is 0 Å². The van der Waals surface area contributed by atoms with Crippen molar-refractivity contribution in [1.29, 1.82) is 0 Å². The summed E-state index contributed by atoms with van der Waals surface area (Å²) in [5.41, 5.74) is 4.06. The zero-order valence-electron chi connectivity index (χ0n) is 13.9. The van der Waals surface area contributed by atoms with E-state index >= 15 is 0 Å². The van der Waals surface area contributed by atoms with Gasteiger partial charge in [0.2, 0.25) is 0 Å². The summed E-state index contributed by atoms with van der Waals surface area (Å²) in [6.45, 7) is 8.54. The number of benzene rings is 2. The summed E-state index contributed by atoms with van der Waals surface area (Å²) in [6.07, 6.45) is 0. The summed E-state index contributed by atoms with van der Waals surface area (Å²) in [5, 5.41) is 3.44. The molecule has 0 saturated carbocycles. The normalized spacial score (nSPS) is 11.9. The van der Waals surface area contributed by atoms with Crippen molar-refractivity contribution < 1.29 is 9.53 Å². The molecule has 3 nitrogen and oxygen atoms in total. The Kier molecular flexibility index (Phi) is 5.67. The smallest absolute Gasteiger partial charge is 0.251 e. The van der Waals surface area contributed by atoms with Crippen LogP contribution in [-0.2, 0) is 0 Å². The van der Waals surface area contributed by atoms with Crippen LogP contribution in [0.15, 0.2) is 36.4 Å². The topological polar surface area (TPSA) is 38.3 Å². The molecule has 1 N–H and O–H groups in total. The maximum atomic E-state index is 12.4. The Labute approximate surface area is 142 Å². The van der Waals surface area contributed by atoms with E-state index in [1.54, 1.807) is 18.2 Å². The van der Waals surface area contributed by atoms with E-state index in [1.807, 2.05) is 19.9 Å². The van der Waals surface area contributed by atoms with Crippen LogP contribution < -0.4 is 10.1 Å². The Morgan fingerprint density at radius 3 is 2.52 bits per heavy atom. The molecule has 1 atom stereocenters. The Hall–Kier alpha value is -2.00. The number of ether oxygens (including phenoxy) is 1. The van der Waals surface area contributed by atoms with Gasteiger partial charge in [-0.25, -0.2) is 0 Å². The fourth-order valence-electron chi connectivity index (χ4n) is 2.31. The zero-order valence-corrected chi connectivity index (χ0v) is 14.7. The van der Waals surface area contributed by atoms with Crippen molar-refractivity contribution in [3.05, 3.63) is 63.7 Å². The largest absolute Gasteiger partial charge is 0.492 e. The van der Waals surface area contributed by atoms with Gasteiger partial charge in [0.05, 0.1) is 17.7 Å². The van der Waals surface area contributed by atoms with Crippen molar-refractivity contribution in [1.82, 2.24) is 5.32 Å². The Bertz CT molecular complexity index is 713. The van der Waals surface area contributed by atoms with Gasteiger partial charge in [-0.1, -0.05) is 29.8 Å². The number of nitrogens with one attached hydrogen (secondary N) is 1. The first kappa shape index (κ1) is 17.4. The van der Waals surface area contributed by atoms with Crippen molar-refractivity contribution in [2.24, 2.45) is 0 Å². The van der Waals surface area contributed by atoms with Crippen LogP contribution in [-0.4, -0.2) is 12.5 Å². The van der Waals surface area contributed by atoms with Crippen molar-refractivity contribution in [2.75, 3.05) is 6.61 Å². The number of amides is 1. The van der Waals surface area contributed by atoms with Gasteiger partial charge in [0.15, 0.2) is 0 Å². The van der Waals surface area contributed by atoms with Crippen LogP contribution in [0.4, 0.5) is 0 Å². The first-order valence-corrected chi connectivity index (χ1v) is 8.10. The monoisotopic (exact) mass is 331 g/mol. The van der Waals surface area contributed by atoms with E-state index < -0.39 is 0 Å².